The van der Waals surface area contributed by atoms with E-state index in [2.05, 4.69) is 21.2 Å². The molecule has 0 bridgehead atoms. The Kier molecular flexibility index (Phi) is 4.81. The molecule has 0 aliphatic carbocycles. The molecule has 0 saturated heterocycles. The van der Waals surface area contributed by atoms with E-state index >= 15 is 0 Å². The van der Waals surface area contributed by atoms with E-state index < -0.39 is 4.92 Å². The average Bonchev–Trinajstić information content (AvgIpc) is 2.43. The van der Waals surface area contributed by atoms with Crippen molar-refractivity contribution in [1.29, 1.82) is 0 Å². The minimum atomic E-state index is -0.423. The van der Waals surface area contributed by atoms with Crippen LogP contribution in [0.2, 0.25) is 0 Å². The quantitative estimate of drug-likeness (QED) is 0.666. The van der Waals surface area contributed by atoms with Gasteiger partial charge in [0.1, 0.15) is 5.82 Å². The molecule has 0 atom stereocenters. The van der Waals surface area contributed by atoms with Crippen LogP contribution in [-0.4, -0.2) is 4.92 Å². The number of nitro groups is 1. The van der Waals surface area contributed by atoms with Crippen LogP contribution >= 0.6 is 15.9 Å². The first-order chi connectivity index (χ1) is 9.56. The molecule has 20 heavy (non-hydrogen) atoms. The number of halogens is 2. The van der Waals surface area contributed by atoms with Crippen LogP contribution in [0.25, 0.3) is 0 Å². The van der Waals surface area contributed by atoms with Crippen LogP contribution in [0.4, 0.5) is 10.1 Å². The molecule has 0 aliphatic heterocycles. The molecular weight excluding hydrogens is 327 g/mol. The largest absolute Gasteiger partial charge is 0.309 e. The fourth-order valence-electron chi connectivity index (χ4n) is 1.74. The predicted octanol–water partition coefficient (Wildman–Crippen LogP) is 3.79. The minimum Gasteiger partial charge on any atom is -0.309 e. The molecule has 0 heterocycles. The van der Waals surface area contributed by atoms with Crippen molar-refractivity contribution in [2.24, 2.45) is 0 Å². The third-order valence-electron chi connectivity index (χ3n) is 2.79. The van der Waals surface area contributed by atoms with Crippen molar-refractivity contribution >= 4 is 21.6 Å². The van der Waals surface area contributed by atoms with Gasteiger partial charge in [0, 0.05) is 25.2 Å². The third kappa shape index (κ3) is 3.85. The van der Waals surface area contributed by atoms with Crippen molar-refractivity contribution in [3.8, 4) is 0 Å². The number of nitro benzene ring substituents is 1. The van der Waals surface area contributed by atoms with E-state index in [0.29, 0.717) is 17.6 Å². The van der Waals surface area contributed by atoms with Crippen molar-refractivity contribution in [3.63, 3.8) is 0 Å². The molecular formula is C14H12BrFN2O2. The summed E-state index contributed by atoms with van der Waals surface area (Å²) >= 11 is 3.14. The number of hydrogen-bond acceptors (Lipinski definition) is 3. The first-order valence-electron chi connectivity index (χ1n) is 5.94. The highest BCUT2D eigenvalue weighted by atomic mass is 79.9. The zero-order chi connectivity index (χ0) is 14.5. The van der Waals surface area contributed by atoms with Gasteiger partial charge < -0.3 is 5.32 Å². The maximum atomic E-state index is 13.1. The molecule has 104 valence electrons. The second kappa shape index (κ2) is 6.58. The van der Waals surface area contributed by atoms with Crippen molar-refractivity contribution in [2.75, 3.05) is 0 Å². The Labute approximate surface area is 123 Å². The molecule has 0 aliphatic rings. The molecule has 0 unspecified atom stereocenters. The molecule has 0 fully saturated rings. The van der Waals surface area contributed by atoms with Crippen LogP contribution in [0.3, 0.4) is 0 Å². The van der Waals surface area contributed by atoms with Gasteiger partial charge in [0.05, 0.1) is 9.40 Å². The highest BCUT2D eigenvalue weighted by Gasteiger charge is 2.04. The lowest BCUT2D eigenvalue weighted by Crippen LogP contribution is -2.12. The molecule has 1 N–H and O–H groups in total. The molecule has 0 spiro atoms. The molecule has 6 heteroatoms. The molecule has 2 rings (SSSR count). The lowest BCUT2D eigenvalue weighted by Gasteiger charge is -2.06. The summed E-state index contributed by atoms with van der Waals surface area (Å²) in [5.74, 6) is -0.288. The Morgan fingerprint density at radius 1 is 1.10 bits per heavy atom. The van der Waals surface area contributed by atoms with Crippen LogP contribution in [0.1, 0.15) is 11.1 Å². The Bertz CT molecular complexity index is 617. The fourth-order valence-corrected chi connectivity index (χ4v) is 2.16. The number of benzene rings is 2. The lowest BCUT2D eigenvalue weighted by molar-refractivity contribution is -0.384. The topological polar surface area (TPSA) is 55.2 Å². The van der Waals surface area contributed by atoms with Gasteiger partial charge in [0.15, 0.2) is 0 Å². The number of rotatable bonds is 5. The monoisotopic (exact) mass is 338 g/mol. The summed E-state index contributed by atoms with van der Waals surface area (Å²) in [6, 6.07) is 11.2. The van der Waals surface area contributed by atoms with E-state index in [9.17, 15) is 14.5 Å². The van der Waals surface area contributed by atoms with Crippen molar-refractivity contribution in [2.45, 2.75) is 13.1 Å². The summed E-state index contributed by atoms with van der Waals surface area (Å²) in [5.41, 5.74) is 1.99. The molecule has 0 amide bonds. The second-order valence-corrected chi connectivity index (χ2v) is 5.13. The summed E-state index contributed by atoms with van der Waals surface area (Å²) in [4.78, 5) is 10.1. The predicted molar refractivity (Wildman–Crippen MR) is 77.7 cm³/mol. The van der Waals surface area contributed by atoms with Crippen LogP contribution in [-0.2, 0) is 13.1 Å². The van der Waals surface area contributed by atoms with Gasteiger partial charge in [-0.25, -0.2) is 4.39 Å². The Morgan fingerprint density at radius 3 is 2.30 bits per heavy atom. The number of hydrogen-bond donors (Lipinski definition) is 1. The SMILES string of the molecule is O=[N+]([O-])c1ccc(CNCc2ccc(F)c(Br)c2)cc1. The van der Waals surface area contributed by atoms with Gasteiger partial charge in [0.2, 0.25) is 0 Å². The minimum absolute atomic E-state index is 0.0798. The van der Waals surface area contributed by atoms with Crippen LogP contribution in [0.5, 0.6) is 0 Å². The van der Waals surface area contributed by atoms with Gasteiger partial charge in [-0.3, -0.25) is 10.1 Å². The first kappa shape index (κ1) is 14.6. The highest BCUT2D eigenvalue weighted by molar-refractivity contribution is 9.10. The van der Waals surface area contributed by atoms with E-state index in [4.69, 9.17) is 0 Å². The highest BCUT2D eigenvalue weighted by Crippen LogP contribution is 2.17. The fraction of sp³-hybridized carbons (Fsp3) is 0.143. The van der Waals surface area contributed by atoms with Crippen molar-refractivity contribution < 1.29 is 9.31 Å². The average molecular weight is 339 g/mol. The van der Waals surface area contributed by atoms with Gasteiger partial charge in [0.25, 0.3) is 5.69 Å². The van der Waals surface area contributed by atoms with E-state index in [0.717, 1.165) is 11.1 Å². The molecule has 4 nitrogen and oxygen atoms in total. The summed E-state index contributed by atoms with van der Waals surface area (Å²) in [7, 11) is 0. The van der Waals surface area contributed by atoms with Gasteiger partial charge >= 0.3 is 0 Å². The number of non-ortho nitro benzene ring substituents is 1. The summed E-state index contributed by atoms with van der Waals surface area (Å²) in [6.45, 7) is 1.18. The van der Waals surface area contributed by atoms with E-state index in [1.807, 2.05) is 0 Å². The van der Waals surface area contributed by atoms with E-state index in [1.54, 1.807) is 24.3 Å². The Hall–Kier alpha value is -1.79. The van der Waals surface area contributed by atoms with Crippen LogP contribution in [0, 0.1) is 15.9 Å². The molecule has 0 saturated carbocycles. The van der Waals surface area contributed by atoms with Crippen molar-refractivity contribution in [3.05, 3.63) is 74.0 Å². The maximum absolute atomic E-state index is 13.1. The zero-order valence-electron chi connectivity index (χ0n) is 10.5. The van der Waals surface area contributed by atoms with E-state index in [1.165, 1.54) is 18.2 Å². The molecule has 0 radical (unpaired) electrons. The Balaban J connectivity index is 1.89. The molecule has 2 aromatic rings. The first-order valence-corrected chi connectivity index (χ1v) is 6.73. The number of nitrogens with one attached hydrogen (secondary N) is 1. The van der Waals surface area contributed by atoms with Crippen molar-refractivity contribution in [1.82, 2.24) is 5.32 Å². The van der Waals surface area contributed by atoms with Crippen LogP contribution < -0.4 is 5.32 Å². The van der Waals surface area contributed by atoms with Gasteiger partial charge in [-0.2, -0.15) is 0 Å². The molecule has 0 aromatic heterocycles. The van der Waals surface area contributed by atoms with E-state index in [-0.39, 0.29) is 11.5 Å². The van der Waals surface area contributed by atoms with Crippen LogP contribution in [0.15, 0.2) is 46.9 Å². The standard InChI is InChI=1S/C14H12BrFN2O2/c15-13-7-11(3-6-14(13)16)9-17-8-10-1-4-12(5-2-10)18(19)20/h1-7,17H,8-9H2. The second-order valence-electron chi connectivity index (χ2n) is 4.28. The summed E-state index contributed by atoms with van der Waals surface area (Å²) < 4.78 is 13.5. The van der Waals surface area contributed by atoms with Gasteiger partial charge in [-0.1, -0.05) is 18.2 Å². The molecule has 2 aromatic carbocycles. The summed E-state index contributed by atoms with van der Waals surface area (Å²) in [5, 5.41) is 13.7. The Morgan fingerprint density at radius 2 is 1.70 bits per heavy atom. The van der Waals surface area contributed by atoms with Gasteiger partial charge in [-0.15, -0.1) is 0 Å². The third-order valence-corrected chi connectivity index (χ3v) is 3.40. The summed E-state index contributed by atoms with van der Waals surface area (Å²) in [6.07, 6.45) is 0. The number of nitrogens with zero attached hydrogens (tertiary/aromatic N) is 1. The zero-order valence-corrected chi connectivity index (χ0v) is 12.1. The van der Waals surface area contributed by atoms with Gasteiger partial charge in [-0.05, 0) is 39.2 Å². The smallest absolute Gasteiger partial charge is 0.269 e. The normalized spacial score (nSPS) is 10.5. The lowest BCUT2D eigenvalue weighted by atomic mass is 10.2. The maximum Gasteiger partial charge on any atom is 0.269 e.